The van der Waals surface area contributed by atoms with E-state index in [1.165, 1.54) is 24.3 Å². The highest BCUT2D eigenvalue weighted by Gasteiger charge is 2.26. The number of carboxylic acids is 3. The second kappa shape index (κ2) is 15.3. The third kappa shape index (κ3) is 13.6. The topological polar surface area (TPSA) is 146 Å². The molecule has 32 heavy (non-hydrogen) atoms. The lowest BCUT2D eigenvalue weighted by Gasteiger charge is -1.98. The summed E-state index contributed by atoms with van der Waals surface area (Å²) >= 11 is 0. The Morgan fingerprint density at radius 2 is 1.12 bits per heavy atom. The van der Waals surface area contributed by atoms with Gasteiger partial charge in [0, 0.05) is 6.08 Å². The highest BCUT2D eigenvalue weighted by Crippen LogP contribution is 2.12. The van der Waals surface area contributed by atoms with E-state index in [0.29, 0.717) is 12.2 Å². The van der Waals surface area contributed by atoms with Gasteiger partial charge < -0.3 is 29.5 Å². The van der Waals surface area contributed by atoms with Crippen LogP contribution in [0, 0.1) is 0 Å². The van der Waals surface area contributed by atoms with Crippen LogP contribution in [-0.4, -0.2) is 71.9 Å². The largest absolute Gasteiger partial charge is 0.478 e. The molecule has 2 atom stereocenters. The van der Waals surface area contributed by atoms with Gasteiger partial charge in [-0.05, 0) is 12.1 Å². The molecule has 2 unspecified atom stereocenters. The van der Waals surface area contributed by atoms with E-state index in [1.54, 1.807) is 0 Å². The standard InChI is InChI=1S/C8H6O4.C6H10O3.C6H6.C3H4O2/c9-7(10)5-3-1-2-4-6(5)8(11)12;1(5-3-8-5)7-2-6-4-9-6;1-2-4-6-5-3-1;1-2-3(4)5/h1-4H,(H,9,10)(H,11,12);5-6H,1-4H2;1-6H;2H,1H2,(H,4,5). The van der Waals surface area contributed by atoms with Crippen molar-refractivity contribution >= 4 is 17.9 Å². The van der Waals surface area contributed by atoms with Gasteiger partial charge in [-0.1, -0.05) is 55.1 Å². The van der Waals surface area contributed by atoms with Crippen LogP contribution in [0.25, 0.3) is 0 Å². The molecule has 2 aliphatic rings. The average Bonchev–Trinajstić information content (AvgIpc) is 3.72. The van der Waals surface area contributed by atoms with Crippen LogP contribution < -0.4 is 0 Å². The highest BCUT2D eigenvalue weighted by atomic mass is 16.6. The predicted octanol–water partition coefficient (Wildman–Crippen LogP) is 2.83. The summed E-state index contributed by atoms with van der Waals surface area (Å²) in [5.41, 5.74) is -0.380. The molecular formula is C23H26O9. The molecule has 172 valence electrons. The van der Waals surface area contributed by atoms with Crippen LogP contribution in [0.1, 0.15) is 20.7 Å². The van der Waals surface area contributed by atoms with Gasteiger partial charge >= 0.3 is 17.9 Å². The molecule has 0 radical (unpaired) electrons. The maximum atomic E-state index is 10.5. The van der Waals surface area contributed by atoms with Crippen LogP contribution >= 0.6 is 0 Å². The van der Waals surface area contributed by atoms with Crippen LogP contribution in [0.15, 0.2) is 73.3 Å². The van der Waals surface area contributed by atoms with Crippen molar-refractivity contribution in [1.82, 2.24) is 0 Å². The van der Waals surface area contributed by atoms with Gasteiger partial charge in [0.2, 0.25) is 0 Å². The number of ether oxygens (including phenoxy) is 3. The number of epoxide rings is 2. The average molecular weight is 446 g/mol. The van der Waals surface area contributed by atoms with Crippen LogP contribution in [0.3, 0.4) is 0 Å². The number of hydrogen-bond acceptors (Lipinski definition) is 6. The maximum Gasteiger partial charge on any atom is 0.336 e. The van der Waals surface area contributed by atoms with E-state index in [0.717, 1.165) is 32.5 Å². The molecule has 2 heterocycles. The van der Waals surface area contributed by atoms with Crippen molar-refractivity contribution in [2.45, 2.75) is 12.2 Å². The first kappa shape index (κ1) is 26.5. The van der Waals surface area contributed by atoms with Crippen LogP contribution in [0.2, 0.25) is 0 Å². The predicted molar refractivity (Wildman–Crippen MR) is 115 cm³/mol. The van der Waals surface area contributed by atoms with E-state index in [4.69, 9.17) is 29.5 Å². The zero-order valence-electron chi connectivity index (χ0n) is 17.3. The monoisotopic (exact) mass is 446 g/mol. The molecule has 2 saturated heterocycles. The Hall–Kier alpha value is -3.53. The highest BCUT2D eigenvalue weighted by molar-refractivity contribution is 6.01. The summed E-state index contributed by atoms with van der Waals surface area (Å²) in [7, 11) is 0. The zero-order valence-corrected chi connectivity index (χ0v) is 17.3. The Labute approximate surface area is 185 Å². The number of rotatable bonds is 7. The smallest absolute Gasteiger partial charge is 0.336 e. The Bertz CT molecular complexity index is 772. The lowest BCUT2D eigenvalue weighted by Crippen LogP contribution is -2.06. The molecule has 2 fully saturated rings. The molecule has 0 saturated carbocycles. The molecule has 2 aliphatic heterocycles. The second-order valence-electron chi connectivity index (χ2n) is 6.30. The minimum absolute atomic E-state index is 0.190. The Morgan fingerprint density at radius 3 is 1.34 bits per heavy atom. The minimum atomic E-state index is -1.23. The minimum Gasteiger partial charge on any atom is -0.478 e. The molecule has 4 rings (SSSR count). The van der Waals surface area contributed by atoms with Gasteiger partial charge in [-0.25, -0.2) is 14.4 Å². The first-order valence-corrected chi connectivity index (χ1v) is 9.57. The molecule has 0 bridgehead atoms. The summed E-state index contributed by atoms with van der Waals surface area (Å²) in [6, 6.07) is 17.5. The normalized spacial score (nSPS) is 16.9. The molecule has 0 amide bonds. The van der Waals surface area contributed by atoms with Crippen LogP contribution in [0.5, 0.6) is 0 Å². The van der Waals surface area contributed by atoms with Crippen LogP contribution in [-0.2, 0) is 19.0 Å². The van der Waals surface area contributed by atoms with E-state index in [1.807, 2.05) is 36.4 Å². The third-order valence-corrected chi connectivity index (χ3v) is 3.64. The van der Waals surface area contributed by atoms with E-state index in [-0.39, 0.29) is 11.1 Å². The van der Waals surface area contributed by atoms with Crippen molar-refractivity contribution in [3.8, 4) is 0 Å². The van der Waals surface area contributed by atoms with E-state index in [2.05, 4.69) is 6.58 Å². The van der Waals surface area contributed by atoms with E-state index in [9.17, 15) is 14.4 Å². The van der Waals surface area contributed by atoms with Crippen molar-refractivity contribution in [3.63, 3.8) is 0 Å². The third-order valence-electron chi connectivity index (χ3n) is 3.64. The van der Waals surface area contributed by atoms with Crippen molar-refractivity contribution in [3.05, 3.63) is 84.4 Å². The summed E-state index contributed by atoms with van der Waals surface area (Å²) in [4.78, 5) is 30.2. The Balaban J connectivity index is 0.000000226. The number of aromatic carboxylic acids is 2. The molecule has 2 aromatic carbocycles. The van der Waals surface area contributed by atoms with Gasteiger partial charge in [-0.2, -0.15) is 0 Å². The molecular weight excluding hydrogens is 420 g/mol. The molecule has 9 heteroatoms. The van der Waals surface area contributed by atoms with Gasteiger partial charge in [0.1, 0.15) is 12.2 Å². The van der Waals surface area contributed by atoms with Gasteiger partial charge in [0.25, 0.3) is 0 Å². The maximum absolute atomic E-state index is 10.5. The second-order valence-corrected chi connectivity index (χ2v) is 6.30. The number of carbonyl (C=O) groups is 3. The first-order valence-electron chi connectivity index (χ1n) is 9.57. The molecule has 0 aromatic heterocycles. The van der Waals surface area contributed by atoms with Crippen molar-refractivity contribution in [2.75, 3.05) is 26.4 Å². The molecule has 3 N–H and O–H groups in total. The van der Waals surface area contributed by atoms with Gasteiger partial charge in [-0.3, -0.25) is 0 Å². The van der Waals surface area contributed by atoms with E-state index < -0.39 is 17.9 Å². The number of carboxylic acid groups (broad SMARTS) is 3. The number of hydrogen-bond donors (Lipinski definition) is 3. The van der Waals surface area contributed by atoms with Crippen molar-refractivity contribution in [2.24, 2.45) is 0 Å². The molecule has 0 aliphatic carbocycles. The quantitative estimate of drug-likeness (QED) is 0.431. The molecule has 2 aromatic rings. The SMILES string of the molecule is C(OCC1CO1)C1CO1.C=CC(=O)O.O=C(O)c1ccccc1C(=O)O.c1ccccc1. The Morgan fingerprint density at radius 1 is 0.812 bits per heavy atom. The van der Waals surface area contributed by atoms with Gasteiger partial charge in [0.05, 0.1) is 37.6 Å². The summed E-state index contributed by atoms with van der Waals surface area (Å²) in [5, 5.41) is 24.7. The fourth-order valence-electron chi connectivity index (χ4n) is 1.90. The Kier molecular flexibility index (Phi) is 12.7. The van der Waals surface area contributed by atoms with Crippen molar-refractivity contribution in [1.29, 1.82) is 0 Å². The fraction of sp³-hybridized carbons (Fsp3) is 0.261. The lowest BCUT2D eigenvalue weighted by atomic mass is 10.1. The van der Waals surface area contributed by atoms with Crippen molar-refractivity contribution < 1.29 is 43.9 Å². The lowest BCUT2D eigenvalue weighted by molar-refractivity contribution is -0.131. The molecule has 9 nitrogen and oxygen atoms in total. The summed E-state index contributed by atoms with van der Waals surface area (Å²) in [6.07, 6.45) is 1.62. The van der Waals surface area contributed by atoms with Gasteiger partial charge in [-0.15, -0.1) is 0 Å². The summed E-state index contributed by atoms with van der Waals surface area (Å²) in [6.45, 7) is 6.22. The summed E-state index contributed by atoms with van der Waals surface area (Å²) < 4.78 is 15.1. The van der Waals surface area contributed by atoms with Crippen LogP contribution in [0.4, 0.5) is 0 Å². The summed E-state index contributed by atoms with van der Waals surface area (Å²) in [5.74, 6) is -3.44. The van der Waals surface area contributed by atoms with Gasteiger partial charge in [0.15, 0.2) is 0 Å². The fourth-order valence-corrected chi connectivity index (χ4v) is 1.90. The zero-order chi connectivity index (χ0) is 23.8. The number of benzene rings is 2. The number of aliphatic carboxylic acids is 1. The molecule has 0 spiro atoms. The first-order chi connectivity index (χ1) is 15.3. The van der Waals surface area contributed by atoms with E-state index >= 15 is 0 Å².